The van der Waals surface area contributed by atoms with E-state index in [4.69, 9.17) is 4.52 Å². The van der Waals surface area contributed by atoms with Crippen LogP contribution in [0.4, 0.5) is 5.82 Å². The molecule has 2 atom stereocenters. The second-order valence-corrected chi connectivity index (χ2v) is 8.17. The first kappa shape index (κ1) is 19.8. The molecule has 2 unspecified atom stereocenters. The van der Waals surface area contributed by atoms with Crippen molar-refractivity contribution in [2.24, 2.45) is 11.8 Å². The number of carbonyl (C=O) groups excluding carboxylic acids is 2. The Morgan fingerprint density at radius 1 is 1.11 bits per heavy atom. The largest absolute Gasteiger partial charge is 0.360 e. The summed E-state index contributed by atoms with van der Waals surface area (Å²) in [7, 11) is 0. The number of nitrogens with one attached hydrogen (secondary N) is 1. The van der Waals surface area contributed by atoms with Crippen molar-refractivity contribution in [1.29, 1.82) is 0 Å². The van der Waals surface area contributed by atoms with E-state index >= 15 is 0 Å². The Labute approximate surface area is 160 Å². The van der Waals surface area contributed by atoms with E-state index < -0.39 is 0 Å². The normalized spacial score (nSPS) is 24.8. The summed E-state index contributed by atoms with van der Waals surface area (Å²) >= 11 is 0. The Balaban J connectivity index is 1.38. The average molecular weight is 377 g/mol. The van der Waals surface area contributed by atoms with Crippen molar-refractivity contribution in [1.82, 2.24) is 19.9 Å². The fourth-order valence-corrected chi connectivity index (χ4v) is 4.07. The molecule has 27 heavy (non-hydrogen) atoms. The molecule has 1 aromatic rings. The van der Waals surface area contributed by atoms with E-state index in [1.165, 1.54) is 6.42 Å². The van der Waals surface area contributed by atoms with Gasteiger partial charge in [-0.2, -0.15) is 0 Å². The number of anilines is 1. The molecule has 8 nitrogen and oxygen atoms in total. The van der Waals surface area contributed by atoms with Crippen LogP contribution in [-0.4, -0.2) is 84.0 Å². The van der Waals surface area contributed by atoms with Crippen LogP contribution < -0.4 is 5.32 Å². The molecule has 3 heterocycles. The number of piperidine rings is 1. The van der Waals surface area contributed by atoms with E-state index in [0.717, 1.165) is 39.3 Å². The first-order valence-electron chi connectivity index (χ1n) is 9.84. The minimum Gasteiger partial charge on any atom is -0.360 e. The van der Waals surface area contributed by atoms with Gasteiger partial charge in [0, 0.05) is 45.3 Å². The van der Waals surface area contributed by atoms with Crippen LogP contribution in [0.15, 0.2) is 10.6 Å². The quantitative estimate of drug-likeness (QED) is 0.826. The SMILES string of the molecule is Cc1cc(NC(=O)CN2CCN(CC(=O)N3CC(C)CC(C)C3)CC2)no1. The molecule has 0 aromatic carbocycles. The van der Waals surface area contributed by atoms with Gasteiger partial charge in [0.2, 0.25) is 11.8 Å². The van der Waals surface area contributed by atoms with Crippen molar-refractivity contribution in [3.63, 3.8) is 0 Å². The number of hydrogen-bond acceptors (Lipinski definition) is 6. The predicted molar refractivity (Wildman–Crippen MR) is 102 cm³/mol. The first-order chi connectivity index (χ1) is 12.9. The van der Waals surface area contributed by atoms with E-state index in [1.807, 2.05) is 4.90 Å². The second-order valence-electron chi connectivity index (χ2n) is 8.17. The van der Waals surface area contributed by atoms with E-state index in [9.17, 15) is 9.59 Å². The van der Waals surface area contributed by atoms with Crippen LogP contribution in [0.1, 0.15) is 26.0 Å². The maximum absolute atomic E-state index is 12.6. The number of amides is 2. The molecule has 0 aliphatic carbocycles. The highest BCUT2D eigenvalue weighted by Gasteiger charge is 2.27. The summed E-state index contributed by atoms with van der Waals surface area (Å²) in [6.07, 6.45) is 1.21. The van der Waals surface area contributed by atoms with Gasteiger partial charge in [0.25, 0.3) is 0 Å². The zero-order valence-electron chi connectivity index (χ0n) is 16.6. The summed E-state index contributed by atoms with van der Waals surface area (Å²) < 4.78 is 4.95. The van der Waals surface area contributed by atoms with Gasteiger partial charge in [0.15, 0.2) is 5.82 Å². The molecule has 150 valence electrons. The highest BCUT2D eigenvalue weighted by molar-refractivity contribution is 5.91. The summed E-state index contributed by atoms with van der Waals surface area (Å²) in [5.41, 5.74) is 0. The molecule has 2 aliphatic heterocycles. The van der Waals surface area contributed by atoms with Crippen molar-refractivity contribution in [2.45, 2.75) is 27.2 Å². The molecule has 2 amide bonds. The lowest BCUT2D eigenvalue weighted by Crippen LogP contribution is -2.52. The van der Waals surface area contributed by atoms with Gasteiger partial charge in [-0.05, 0) is 25.2 Å². The maximum atomic E-state index is 12.6. The molecule has 0 saturated carbocycles. The lowest BCUT2D eigenvalue weighted by Gasteiger charge is -2.38. The van der Waals surface area contributed by atoms with Crippen LogP contribution >= 0.6 is 0 Å². The van der Waals surface area contributed by atoms with Crippen LogP contribution in [-0.2, 0) is 9.59 Å². The lowest BCUT2D eigenvalue weighted by molar-refractivity contribution is -0.135. The third kappa shape index (κ3) is 5.77. The number of likely N-dealkylation sites (tertiary alicyclic amines) is 1. The van der Waals surface area contributed by atoms with Crippen molar-refractivity contribution in [2.75, 3.05) is 57.7 Å². The Bertz CT molecular complexity index is 644. The Hall–Kier alpha value is -1.93. The van der Waals surface area contributed by atoms with E-state index in [1.54, 1.807) is 13.0 Å². The molecule has 2 aliphatic rings. The van der Waals surface area contributed by atoms with Crippen LogP contribution in [0.3, 0.4) is 0 Å². The van der Waals surface area contributed by atoms with E-state index in [-0.39, 0.29) is 11.8 Å². The minimum absolute atomic E-state index is 0.0934. The third-order valence-electron chi connectivity index (χ3n) is 5.31. The van der Waals surface area contributed by atoms with Crippen molar-refractivity contribution in [3.05, 3.63) is 11.8 Å². The van der Waals surface area contributed by atoms with Crippen molar-refractivity contribution < 1.29 is 14.1 Å². The van der Waals surface area contributed by atoms with E-state index in [2.05, 4.69) is 34.1 Å². The molecule has 0 bridgehead atoms. The van der Waals surface area contributed by atoms with Crippen LogP contribution in [0.2, 0.25) is 0 Å². The molecule has 2 fully saturated rings. The Morgan fingerprint density at radius 3 is 2.26 bits per heavy atom. The van der Waals surface area contributed by atoms with Crippen molar-refractivity contribution in [3.8, 4) is 0 Å². The topological polar surface area (TPSA) is 81.9 Å². The molecule has 1 aromatic heterocycles. The highest BCUT2D eigenvalue weighted by Crippen LogP contribution is 2.21. The number of aromatic nitrogens is 1. The monoisotopic (exact) mass is 377 g/mol. The number of carbonyl (C=O) groups is 2. The van der Waals surface area contributed by atoms with Gasteiger partial charge in [-0.3, -0.25) is 19.4 Å². The third-order valence-corrected chi connectivity index (χ3v) is 5.31. The van der Waals surface area contributed by atoms with Gasteiger partial charge in [-0.1, -0.05) is 19.0 Å². The number of nitrogens with zero attached hydrogens (tertiary/aromatic N) is 4. The zero-order valence-corrected chi connectivity index (χ0v) is 16.6. The molecule has 1 N–H and O–H groups in total. The minimum atomic E-state index is -0.0934. The molecule has 0 radical (unpaired) electrons. The molecule has 8 heteroatoms. The predicted octanol–water partition coefficient (Wildman–Crippen LogP) is 1.04. The number of aryl methyl sites for hydroxylation is 1. The van der Waals surface area contributed by atoms with Crippen molar-refractivity contribution >= 4 is 17.6 Å². The van der Waals surface area contributed by atoms with Gasteiger partial charge in [-0.15, -0.1) is 0 Å². The fourth-order valence-electron chi connectivity index (χ4n) is 4.07. The smallest absolute Gasteiger partial charge is 0.239 e. The highest BCUT2D eigenvalue weighted by atomic mass is 16.5. The first-order valence-corrected chi connectivity index (χ1v) is 9.84. The fraction of sp³-hybridized carbons (Fsp3) is 0.737. The summed E-state index contributed by atoms with van der Waals surface area (Å²) in [5, 5.41) is 6.52. The standard InChI is InChI=1S/C19H31N5O3/c1-14-8-15(2)11-24(10-14)19(26)13-23-6-4-22(5-7-23)12-18(25)20-17-9-16(3)27-21-17/h9,14-15H,4-8,10-13H2,1-3H3,(H,20,21,25). The Kier molecular flexibility index (Phi) is 6.49. The molecular weight excluding hydrogens is 346 g/mol. The van der Waals surface area contributed by atoms with Gasteiger partial charge < -0.3 is 14.7 Å². The molecular formula is C19H31N5O3. The summed E-state index contributed by atoms with van der Waals surface area (Å²) in [4.78, 5) is 31.0. The van der Waals surface area contributed by atoms with Crippen LogP contribution in [0.25, 0.3) is 0 Å². The number of piperazine rings is 1. The Morgan fingerprint density at radius 2 is 1.70 bits per heavy atom. The summed E-state index contributed by atoms with van der Waals surface area (Å²) in [6, 6.07) is 1.70. The average Bonchev–Trinajstić information content (AvgIpc) is 3.00. The lowest BCUT2D eigenvalue weighted by atomic mass is 9.92. The number of rotatable bonds is 5. The van der Waals surface area contributed by atoms with Gasteiger partial charge in [-0.25, -0.2) is 0 Å². The summed E-state index contributed by atoms with van der Waals surface area (Å²) in [5.74, 6) is 2.43. The van der Waals surface area contributed by atoms with Crippen LogP contribution in [0, 0.1) is 18.8 Å². The maximum Gasteiger partial charge on any atom is 0.239 e. The molecule has 2 saturated heterocycles. The molecule has 3 rings (SSSR count). The number of hydrogen-bond donors (Lipinski definition) is 1. The zero-order chi connectivity index (χ0) is 19.4. The van der Waals surface area contributed by atoms with Gasteiger partial charge >= 0.3 is 0 Å². The van der Waals surface area contributed by atoms with E-state index in [0.29, 0.717) is 36.5 Å². The molecule has 0 spiro atoms. The van der Waals surface area contributed by atoms with Crippen LogP contribution in [0.5, 0.6) is 0 Å². The summed E-state index contributed by atoms with van der Waals surface area (Å²) in [6.45, 7) is 12.0. The van der Waals surface area contributed by atoms with Gasteiger partial charge in [0.1, 0.15) is 5.76 Å². The van der Waals surface area contributed by atoms with Gasteiger partial charge in [0.05, 0.1) is 13.1 Å². The second kappa shape index (κ2) is 8.84.